The van der Waals surface area contributed by atoms with Gasteiger partial charge in [-0.1, -0.05) is 27.2 Å². The van der Waals surface area contributed by atoms with E-state index in [0.717, 1.165) is 12.8 Å². The van der Waals surface area contributed by atoms with E-state index >= 15 is 0 Å². The van der Waals surface area contributed by atoms with Gasteiger partial charge in [-0.15, -0.1) is 0 Å². The third-order valence-electron chi connectivity index (χ3n) is 10.3. The first-order valence-corrected chi connectivity index (χ1v) is 17.6. The van der Waals surface area contributed by atoms with E-state index in [0.29, 0.717) is 37.1 Å². The lowest BCUT2D eigenvalue weighted by Crippen LogP contribution is -2.62. The highest BCUT2D eigenvalue weighted by molar-refractivity contribution is 5.89. The summed E-state index contributed by atoms with van der Waals surface area (Å²) in [6.45, 7) is 20.9. The highest BCUT2D eigenvalue weighted by atomic mass is 16.7. The fourth-order valence-corrected chi connectivity index (χ4v) is 7.72. The first-order valence-electron chi connectivity index (χ1n) is 17.6. The number of nitrogens with two attached hydrogens (primary N) is 1. The van der Waals surface area contributed by atoms with Crippen LogP contribution >= 0.6 is 0 Å². The minimum atomic E-state index is -1.20. The Morgan fingerprint density at radius 3 is 2.38 bits per heavy atom. The van der Waals surface area contributed by atoms with Crippen LogP contribution in [-0.2, 0) is 33.2 Å². The Morgan fingerprint density at radius 2 is 1.79 bits per heavy atom. The van der Waals surface area contributed by atoms with Gasteiger partial charge in [0.05, 0.1) is 35.5 Å². The van der Waals surface area contributed by atoms with Gasteiger partial charge >= 0.3 is 12.1 Å². The number of carbonyl (C=O) groups is 2. The van der Waals surface area contributed by atoms with E-state index in [1.165, 1.54) is 0 Å². The normalized spacial score (nSPS) is 33.6. The zero-order chi connectivity index (χ0) is 36.4. The maximum atomic E-state index is 13.1. The van der Waals surface area contributed by atoms with Crippen LogP contribution in [0, 0.1) is 5.92 Å². The van der Waals surface area contributed by atoms with Crippen LogP contribution in [0.1, 0.15) is 108 Å². The molecular weight excluding hydrogens is 622 g/mol. The number of carbonyl (C=O) groups excluding carboxylic acids is 2. The lowest BCUT2D eigenvalue weighted by molar-refractivity contribution is -0.291. The number of unbranched alkanes of at least 4 members (excludes halogenated alkanes) is 1. The molecule has 13 nitrogen and oxygen atoms in total. The molecule has 3 unspecified atom stereocenters. The number of amides is 1. The summed E-state index contributed by atoms with van der Waals surface area (Å²) < 4.78 is 36.5. The van der Waals surface area contributed by atoms with E-state index in [1.807, 2.05) is 41.5 Å². The van der Waals surface area contributed by atoms with E-state index in [-0.39, 0.29) is 18.2 Å². The van der Waals surface area contributed by atoms with Crippen LogP contribution in [0.15, 0.2) is 11.3 Å². The van der Waals surface area contributed by atoms with Crippen molar-refractivity contribution in [2.75, 3.05) is 13.7 Å². The molecule has 0 bridgehead atoms. The third kappa shape index (κ3) is 8.65. The van der Waals surface area contributed by atoms with E-state index in [2.05, 4.69) is 12.2 Å². The van der Waals surface area contributed by atoms with Gasteiger partial charge in [-0.25, -0.2) is 9.59 Å². The van der Waals surface area contributed by atoms with Gasteiger partial charge < -0.3 is 49.7 Å². The van der Waals surface area contributed by atoms with Crippen molar-refractivity contribution in [3.05, 3.63) is 11.3 Å². The molecule has 0 saturated carbocycles. The molecular formula is C35H63N3O10. The molecule has 2 saturated heterocycles. The van der Waals surface area contributed by atoms with Crippen molar-refractivity contribution in [2.45, 2.75) is 180 Å². The molecule has 0 aliphatic carbocycles. The second kappa shape index (κ2) is 15.9. The number of cyclic esters (lactones) is 2. The smallest absolute Gasteiger partial charge is 0.410 e. The summed E-state index contributed by atoms with van der Waals surface area (Å²) in [7, 11) is 1.59. The predicted octanol–water partition coefficient (Wildman–Crippen LogP) is 3.73. The molecule has 278 valence electrons. The van der Waals surface area contributed by atoms with Crippen LogP contribution in [0.5, 0.6) is 0 Å². The number of nitrogens with zero attached hydrogens (tertiary/aromatic N) is 1. The second-order valence-corrected chi connectivity index (χ2v) is 15.0. The number of rotatable bonds is 16. The number of aliphatic hydroxyl groups excluding tert-OH is 2. The van der Waals surface area contributed by atoms with Crippen molar-refractivity contribution >= 4 is 12.1 Å². The number of aliphatic hydroxyl groups is 2. The van der Waals surface area contributed by atoms with Crippen molar-refractivity contribution in [2.24, 2.45) is 11.7 Å². The maximum absolute atomic E-state index is 13.1. The molecule has 0 spiro atoms. The van der Waals surface area contributed by atoms with Crippen LogP contribution in [0.2, 0.25) is 0 Å². The van der Waals surface area contributed by atoms with Crippen LogP contribution in [-0.4, -0.2) is 113 Å². The predicted molar refractivity (Wildman–Crippen MR) is 180 cm³/mol. The fraction of sp³-hybridized carbons (Fsp3) is 0.886. The lowest BCUT2D eigenvalue weighted by atomic mass is 9.81. The molecule has 3 aliphatic rings. The van der Waals surface area contributed by atoms with E-state index in [1.54, 1.807) is 39.7 Å². The summed E-state index contributed by atoms with van der Waals surface area (Å²) >= 11 is 0. The Kier molecular flexibility index (Phi) is 13.4. The Bertz CT molecular complexity index is 1150. The Balaban J connectivity index is 1.96. The zero-order valence-electron chi connectivity index (χ0n) is 31.2. The van der Waals surface area contributed by atoms with Crippen LogP contribution < -0.4 is 11.1 Å². The van der Waals surface area contributed by atoms with Crippen LogP contribution in [0.25, 0.3) is 0 Å². The molecule has 13 heteroatoms. The van der Waals surface area contributed by atoms with Gasteiger partial charge in [0, 0.05) is 51.5 Å². The zero-order valence-corrected chi connectivity index (χ0v) is 31.2. The number of ether oxygens (including phenoxy) is 6. The minimum absolute atomic E-state index is 0.211. The topological polar surface area (TPSA) is 171 Å². The van der Waals surface area contributed by atoms with Crippen LogP contribution in [0.3, 0.4) is 0 Å². The number of nitrogens with one attached hydrogen (secondary N) is 1. The molecule has 2 fully saturated rings. The molecule has 12 atom stereocenters. The second-order valence-electron chi connectivity index (χ2n) is 15.0. The van der Waals surface area contributed by atoms with Crippen LogP contribution in [0.4, 0.5) is 4.79 Å². The Labute approximate surface area is 287 Å². The summed E-state index contributed by atoms with van der Waals surface area (Å²) in [5, 5.41) is 25.8. The summed E-state index contributed by atoms with van der Waals surface area (Å²) in [6, 6.07) is -1.47. The average molecular weight is 686 g/mol. The van der Waals surface area contributed by atoms with Gasteiger partial charge in [0.15, 0.2) is 11.9 Å². The van der Waals surface area contributed by atoms with Gasteiger partial charge in [-0.3, -0.25) is 4.90 Å². The van der Waals surface area contributed by atoms with Gasteiger partial charge in [-0.2, -0.15) is 0 Å². The lowest BCUT2D eigenvalue weighted by Gasteiger charge is -2.47. The van der Waals surface area contributed by atoms with E-state index in [9.17, 15) is 19.8 Å². The summed E-state index contributed by atoms with van der Waals surface area (Å²) in [5.74, 6) is -1.84. The molecule has 48 heavy (non-hydrogen) atoms. The number of methoxy groups -OCH3 is 1. The molecule has 0 aromatic heterocycles. The van der Waals surface area contributed by atoms with Gasteiger partial charge in [0.25, 0.3) is 0 Å². The molecule has 0 aromatic rings. The quantitative estimate of drug-likeness (QED) is 0.174. The number of hydrogen-bond acceptors (Lipinski definition) is 12. The van der Waals surface area contributed by atoms with Gasteiger partial charge in [0.1, 0.15) is 11.9 Å². The minimum Gasteiger partial charge on any atom is -0.456 e. The number of esters is 1. The first kappa shape index (κ1) is 40.4. The largest absolute Gasteiger partial charge is 0.456 e. The maximum Gasteiger partial charge on any atom is 0.410 e. The number of hydrogen-bond donors (Lipinski definition) is 4. The monoisotopic (exact) mass is 685 g/mol. The van der Waals surface area contributed by atoms with Gasteiger partial charge in [0.2, 0.25) is 5.79 Å². The third-order valence-corrected chi connectivity index (χ3v) is 10.3. The Hall–Kier alpha value is -2.00. The molecule has 3 rings (SSSR count). The summed E-state index contributed by atoms with van der Waals surface area (Å²) in [6.07, 6.45) is -1.44. The van der Waals surface area contributed by atoms with Crippen molar-refractivity contribution in [3.63, 3.8) is 0 Å². The molecule has 3 heterocycles. The summed E-state index contributed by atoms with van der Waals surface area (Å²) in [5.41, 5.74) is 4.45. The molecule has 3 aliphatic heterocycles. The SMILES string of the molecule is CCCCN1C(=O)O[C@](C)([C@H](O)CC)[C@H]1[C@@H](C)NC(C)C[C@@](C)(OC)[C@H](O[C@@H]1O[C@H](C)CC(N)C1O)[C@@H](C)C1=C(C)C(=O)OC(C)(C)O1. The van der Waals surface area contributed by atoms with Gasteiger partial charge in [-0.05, 0) is 67.2 Å². The highest BCUT2D eigenvalue weighted by Gasteiger charge is 2.57. The van der Waals surface area contributed by atoms with Crippen molar-refractivity contribution < 1.29 is 48.2 Å². The fourth-order valence-electron chi connectivity index (χ4n) is 7.72. The van der Waals surface area contributed by atoms with E-state index in [4.69, 9.17) is 34.2 Å². The average Bonchev–Trinajstić information content (AvgIpc) is 3.27. The Morgan fingerprint density at radius 1 is 1.15 bits per heavy atom. The first-order chi connectivity index (χ1) is 22.2. The highest BCUT2D eigenvalue weighted by Crippen LogP contribution is 2.41. The molecule has 5 N–H and O–H groups in total. The summed E-state index contributed by atoms with van der Waals surface area (Å²) in [4.78, 5) is 27.7. The van der Waals surface area contributed by atoms with Crippen molar-refractivity contribution in [1.82, 2.24) is 10.2 Å². The molecule has 1 amide bonds. The van der Waals surface area contributed by atoms with E-state index < -0.39 is 71.7 Å². The molecule has 0 radical (unpaired) electrons. The molecule has 0 aromatic carbocycles. The van der Waals surface area contributed by atoms with Crippen molar-refractivity contribution in [1.29, 1.82) is 0 Å². The standard InChI is InChI=1S/C35H63N3O10/c1-13-15-16-38-28(35(11,25(39)14-2)48-32(38)42)23(7)37-19(3)18-34(10,43-12)29(45-31-26(40)24(36)17-20(4)44-31)21(5)27-22(6)30(41)47-33(8,9)46-27/h19-21,23-26,28-29,31,37,39-40H,13-18,36H2,1-12H3/t19?,20-,21+,23-,24?,25-,26?,28-,29-,31+,34-,35-/m1/s1. The van der Waals surface area contributed by atoms with Crippen molar-refractivity contribution in [3.8, 4) is 0 Å².